The fraction of sp³-hybridized carbons (Fsp3) is 0.250. The first-order chi connectivity index (χ1) is 4.61. The van der Waals surface area contributed by atoms with Crippen LogP contribution in [0, 0.1) is 6.20 Å². The van der Waals surface area contributed by atoms with Crippen LogP contribution in [0.3, 0.4) is 0 Å². The second-order valence-corrected chi connectivity index (χ2v) is 2.70. The van der Waals surface area contributed by atoms with E-state index >= 15 is 0 Å². The fourth-order valence-corrected chi connectivity index (χ4v) is 1.09. The van der Waals surface area contributed by atoms with Crippen molar-refractivity contribution in [3.05, 3.63) is 35.2 Å². The van der Waals surface area contributed by atoms with Crippen LogP contribution in [0.1, 0.15) is 6.92 Å². The minimum Gasteiger partial charge on any atom is -0.457 e. The third-order valence-corrected chi connectivity index (χ3v) is 1.70. The van der Waals surface area contributed by atoms with Gasteiger partial charge in [0.25, 0.3) is 0 Å². The van der Waals surface area contributed by atoms with Gasteiger partial charge in [-0.05, 0) is 12.1 Å². The summed E-state index contributed by atoms with van der Waals surface area (Å²) in [4.78, 5) is 1.79. The maximum absolute atomic E-state index is 5.82. The first-order valence-electron chi connectivity index (χ1n) is 3.01. The molecule has 0 spiro atoms. The van der Waals surface area contributed by atoms with Crippen LogP contribution < -0.4 is 0 Å². The molecule has 1 radical (unpaired) electrons. The summed E-state index contributed by atoms with van der Waals surface area (Å²) >= 11 is 5.82. The standard InChI is InChI=1S/C8H9ClN.Y/c1-6-4-8(9)7(2)10(3)5-6;/h4H,2H2,1,3H3;/q-1;. The zero-order valence-corrected chi connectivity index (χ0v) is 10.3. The summed E-state index contributed by atoms with van der Waals surface area (Å²) in [6.45, 7) is 5.71. The third-order valence-electron chi connectivity index (χ3n) is 1.37. The summed E-state index contributed by atoms with van der Waals surface area (Å²) in [5, 5.41) is 0.693. The summed E-state index contributed by atoms with van der Waals surface area (Å²) in [6.07, 6.45) is 4.90. The van der Waals surface area contributed by atoms with Gasteiger partial charge in [-0.1, -0.05) is 12.6 Å². The van der Waals surface area contributed by atoms with Gasteiger partial charge in [-0.3, -0.25) is 0 Å². The SMILES string of the molecule is C=C1C(Cl)=CC(C)=[C-]N1C.[Y]. The molecule has 1 rings (SSSR count). The van der Waals surface area contributed by atoms with E-state index in [1.54, 1.807) is 4.90 Å². The predicted molar refractivity (Wildman–Crippen MR) is 43.3 cm³/mol. The van der Waals surface area contributed by atoms with Crippen molar-refractivity contribution in [2.75, 3.05) is 7.05 Å². The van der Waals surface area contributed by atoms with Crippen LogP contribution in [-0.2, 0) is 32.7 Å². The van der Waals surface area contributed by atoms with Crippen molar-refractivity contribution in [1.82, 2.24) is 4.90 Å². The Morgan fingerprint density at radius 2 is 2.18 bits per heavy atom. The van der Waals surface area contributed by atoms with Crippen molar-refractivity contribution in [2.45, 2.75) is 6.92 Å². The van der Waals surface area contributed by atoms with Crippen molar-refractivity contribution in [1.29, 1.82) is 0 Å². The number of likely N-dealkylation sites (N-methyl/N-ethyl adjacent to an activating group) is 1. The van der Waals surface area contributed by atoms with Gasteiger partial charge in [0.2, 0.25) is 0 Å². The van der Waals surface area contributed by atoms with Gasteiger partial charge in [0, 0.05) is 32.7 Å². The van der Waals surface area contributed by atoms with E-state index in [9.17, 15) is 0 Å². The number of hydrogen-bond donors (Lipinski definition) is 0. The van der Waals surface area contributed by atoms with Crippen molar-refractivity contribution in [3.63, 3.8) is 0 Å². The zero-order valence-electron chi connectivity index (χ0n) is 6.69. The van der Waals surface area contributed by atoms with Crippen LogP contribution in [0.4, 0.5) is 0 Å². The molecule has 1 nitrogen and oxygen atoms in total. The molecule has 3 heteroatoms. The predicted octanol–water partition coefficient (Wildman–Crippen LogP) is 2.27. The fourth-order valence-electron chi connectivity index (χ4n) is 0.798. The smallest absolute Gasteiger partial charge is 0 e. The second-order valence-electron chi connectivity index (χ2n) is 2.29. The van der Waals surface area contributed by atoms with Gasteiger partial charge in [-0.15, -0.1) is 36.0 Å². The first-order valence-corrected chi connectivity index (χ1v) is 3.39. The van der Waals surface area contributed by atoms with Crippen LogP contribution in [0.2, 0.25) is 0 Å². The third kappa shape index (κ3) is 2.74. The molecule has 0 atom stereocenters. The van der Waals surface area contributed by atoms with E-state index in [1.165, 1.54) is 0 Å². The van der Waals surface area contributed by atoms with E-state index in [4.69, 9.17) is 11.6 Å². The Hall–Kier alpha value is 0.414. The Kier molecular flexibility index (Phi) is 4.61. The zero-order chi connectivity index (χ0) is 7.72. The molecule has 1 aliphatic heterocycles. The molecule has 0 aromatic heterocycles. The van der Waals surface area contributed by atoms with Gasteiger partial charge >= 0.3 is 0 Å². The topological polar surface area (TPSA) is 3.24 Å². The Labute approximate surface area is 97.7 Å². The van der Waals surface area contributed by atoms with Gasteiger partial charge in [-0.2, -0.15) is 0 Å². The molecule has 0 saturated carbocycles. The van der Waals surface area contributed by atoms with Crippen LogP contribution in [0.5, 0.6) is 0 Å². The van der Waals surface area contributed by atoms with E-state index in [1.807, 2.05) is 20.0 Å². The molecule has 0 amide bonds. The monoisotopic (exact) mass is 243 g/mol. The van der Waals surface area contributed by atoms with Crippen molar-refractivity contribution < 1.29 is 32.7 Å². The van der Waals surface area contributed by atoms with E-state index < -0.39 is 0 Å². The minimum absolute atomic E-state index is 0. The molecule has 0 aromatic rings. The molecule has 0 aliphatic carbocycles. The molecule has 1 heterocycles. The average Bonchev–Trinajstić information content (AvgIpc) is 1.82. The van der Waals surface area contributed by atoms with Crippen molar-refractivity contribution in [2.24, 2.45) is 0 Å². The number of hydrogen-bond acceptors (Lipinski definition) is 1. The molecular weight excluding hydrogens is 234 g/mol. The van der Waals surface area contributed by atoms with E-state index in [2.05, 4.69) is 12.8 Å². The summed E-state index contributed by atoms with van der Waals surface area (Å²) in [5.41, 5.74) is 1.83. The molecule has 0 aromatic carbocycles. The van der Waals surface area contributed by atoms with Crippen molar-refractivity contribution >= 4 is 11.6 Å². The molecule has 57 valence electrons. The number of rotatable bonds is 0. The molecule has 11 heavy (non-hydrogen) atoms. The molecule has 0 fully saturated rings. The normalized spacial score (nSPS) is 17.0. The maximum atomic E-state index is 5.82. The summed E-state index contributed by atoms with van der Waals surface area (Å²) in [7, 11) is 1.88. The summed E-state index contributed by atoms with van der Waals surface area (Å²) in [5.74, 6) is 0. The molecule has 0 unspecified atom stereocenters. The molecule has 1 aliphatic rings. The first kappa shape index (κ1) is 11.4. The van der Waals surface area contributed by atoms with Gasteiger partial charge in [0.1, 0.15) is 0 Å². The summed E-state index contributed by atoms with van der Waals surface area (Å²) < 4.78 is 0. The second kappa shape index (κ2) is 4.44. The van der Waals surface area contributed by atoms with E-state index in [0.717, 1.165) is 11.3 Å². The van der Waals surface area contributed by atoms with Gasteiger partial charge in [0.05, 0.1) is 0 Å². The number of allylic oxidation sites excluding steroid dienone is 3. The quantitative estimate of drug-likeness (QED) is 0.590. The largest absolute Gasteiger partial charge is 0.457 e. The summed E-state index contributed by atoms with van der Waals surface area (Å²) in [6, 6.07) is 0. The number of halogens is 1. The van der Waals surface area contributed by atoms with Crippen molar-refractivity contribution in [3.8, 4) is 0 Å². The molecule has 0 bridgehead atoms. The molecule has 0 N–H and O–H groups in total. The Bertz CT molecular complexity index is 230. The van der Waals surface area contributed by atoms with Crippen LogP contribution in [0.15, 0.2) is 29.0 Å². The average molecular weight is 244 g/mol. The van der Waals surface area contributed by atoms with Gasteiger partial charge < -0.3 is 4.90 Å². The van der Waals surface area contributed by atoms with Crippen LogP contribution in [-0.4, -0.2) is 11.9 Å². The number of nitrogens with zero attached hydrogens (tertiary/aromatic N) is 1. The Balaban J connectivity index is 0.000001000. The van der Waals surface area contributed by atoms with Crippen LogP contribution >= 0.6 is 11.6 Å². The molecule has 0 saturated heterocycles. The van der Waals surface area contributed by atoms with E-state index in [-0.39, 0.29) is 32.7 Å². The minimum atomic E-state index is 0. The molecular formula is C8H9ClNY-. The van der Waals surface area contributed by atoms with Crippen LogP contribution in [0.25, 0.3) is 0 Å². The van der Waals surface area contributed by atoms with E-state index in [0.29, 0.717) is 5.03 Å². The Morgan fingerprint density at radius 1 is 1.64 bits per heavy atom. The Morgan fingerprint density at radius 3 is 2.64 bits per heavy atom. The van der Waals surface area contributed by atoms with Gasteiger partial charge in [-0.25, -0.2) is 0 Å². The maximum Gasteiger partial charge on any atom is 0 e. The van der Waals surface area contributed by atoms with Gasteiger partial charge in [0.15, 0.2) is 0 Å².